The van der Waals surface area contributed by atoms with Crippen LogP contribution >= 0.6 is 0 Å². The molecule has 15 heavy (non-hydrogen) atoms. The summed E-state index contributed by atoms with van der Waals surface area (Å²) < 4.78 is 5.73. The minimum Gasteiger partial charge on any atom is -0.489 e. The average molecular weight is 205 g/mol. The molecule has 1 aromatic rings. The molecule has 0 saturated heterocycles. The number of aryl methyl sites for hydroxylation is 1. The molecule has 2 nitrogen and oxygen atoms in total. The number of ether oxygens (including phenoxy) is 1. The molecule has 1 aliphatic rings. The molecule has 1 aliphatic heterocycles. The van der Waals surface area contributed by atoms with Gasteiger partial charge in [0.05, 0.1) is 11.7 Å². The lowest BCUT2D eigenvalue weighted by molar-refractivity contribution is 0.268. The Morgan fingerprint density at radius 1 is 1.47 bits per heavy atom. The summed E-state index contributed by atoms with van der Waals surface area (Å²) in [5, 5.41) is 3.54. The van der Waals surface area contributed by atoms with E-state index in [1.807, 2.05) is 6.07 Å². The minimum absolute atomic E-state index is 0.458. The molecule has 0 amide bonds. The fraction of sp³-hybridized carbons (Fsp3) is 0.538. The minimum atomic E-state index is 0.458. The molecule has 1 N–H and O–H groups in total. The molecular formula is C13H19NO. The van der Waals surface area contributed by atoms with Crippen LogP contribution < -0.4 is 10.1 Å². The van der Waals surface area contributed by atoms with Gasteiger partial charge in [-0.3, -0.25) is 0 Å². The molecule has 0 saturated carbocycles. The predicted molar refractivity (Wildman–Crippen MR) is 63.5 cm³/mol. The Bertz CT molecular complexity index is 346. The molecular weight excluding hydrogens is 186 g/mol. The van der Waals surface area contributed by atoms with E-state index >= 15 is 0 Å². The van der Waals surface area contributed by atoms with E-state index in [2.05, 4.69) is 38.2 Å². The molecule has 0 aromatic heterocycles. The Morgan fingerprint density at radius 2 is 2.27 bits per heavy atom. The number of anilines is 1. The Balaban J connectivity index is 2.11. The third-order valence-electron chi connectivity index (χ3n) is 2.69. The van der Waals surface area contributed by atoms with Gasteiger partial charge in [-0.05, 0) is 37.0 Å². The van der Waals surface area contributed by atoms with Crippen LogP contribution in [0.1, 0.15) is 25.8 Å². The van der Waals surface area contributed by atoms with Gasteiger partial charge < -0.3 is 10.1 Å². The number of nitrogens with one attached hydrogen (secondary N) is 1. The van der Waals surface area contributed by atoms with Crippen molar-refractivity contribution < 1.29 is 4.74 Å². The zero-order valence-corrected chi connectivity index (χ0v) is 9.71. The second-order valence-electron chi connectivity index (χ2n) is 4.78. The summed E-state index contributed by atoms with van der Waals surface area (Å²) >= 11 is 0. The first-order valence-corrected chi connectivity index (χ1v) is 5.65. The highest BCUT2D eigenvalue weighted by molar-refractivity contribution is 5.59. The summed E-state index contributed by atoms with van der Waals surface area (Å²) in [6.45, 7) is 7.38. The monoisotopic (exact) mass is 205 g/mol. The molecule has 2 heteroatoms. The zero-order valence-electron chi connectivity index (χ0n) is 9.71. The maximum Gasteiger partial charge on any atom is 0.142 e. The van der Waals surface area contributed by atoms with Crippen LogP contribution in [0, 0.1) is 12.8 Å². The molecule has 1 heterocycles. The number of benzene rings is 1. The van der Waals surface area contributed by atoms with Crippen molar-refractivity contribution in [3.05, 3.63) is 23.8 Å². The van der Waals surface area contributed by atoms with Crippen LogP contribution in [0.4, 0.5) is 5.69 Å². The average Bonchev–Trinajstić information content (AvgIpc) is 2.16. The van der Waals surface area contributed by atoms with E-state index in [9.17, 15) is 0 Å². The topological polar surface area (TPSA) is 21.3 Å². The highest BCUT2D eigenvalue weighted by Crippen LogP contribution is 2.30. The third-order valence-corrected chi connectivity index (χ3v) is 2.69. The zero-order chi connectivity index (χ0) is 10.8. The van der Waals surface area contributed by atoms with Crippen molar-refractivity contribution in [2.45, 2.75) is 33.2 Å². The molecule has 82 valence electrons. The van der Waals surface area contributed by atoms with Crippen molar-refractivity contribution in [1.29, 1.82) is 0 Å². The highest BCUT2D eigenvalue weighted by Gasteiger charge is 2.19. The van der Waals surface area contributed by atoms with Gasteiger partial charge in [-0.15, -0.1) is 0 Å². The third kappa shape index (κ3) is 2.44. The van der Waals surface area contributed by atoms with E-state index in [1.54, 1.807) is 0 Å². The molecule has 1 atom stereocenters. The lowest BCUT2D eigenvalue weighted by Crippen LogP contribution is -2.32. The summed E-state index contributed by atoms with van der Waals surface area (Å²) in [5.74, 6) is 1.69. The fourth-order valence-electron chi connectivity index (χ4n) is 2.03. The molecule has 1 aromatic carbocycles. The van der Waals surface area contributed by atoms with E-state index < -0.39 is 0 Å². The van der Waals surface area contributed by atoms with E-state index in [4.69, 9.17) is 4.74 Å². The van der Waals surface area contributed by atoms with Crippen molar-refractivity contribution in [1.82, 2.24) is 0 Å². The van der Waals surface area contributed by atoms with Gasteiger partial charge in [-0.2, -0.15) is 0 Å². The van der Waals surface area contributed by atoms with Crippen LogP contribution in [0.3, 0.4) is 0 Å². The van der Waals surface area contributed by atoms with Crippen LogP contribution in [0.15, 0.2) is 18.2 Å². The molecule has 0 aliphatic carbocycles. The molecule has 0 bridgehead atoms. The van der Waals surface area contributed by atoms with Gasteiger partial charge in [0.15, 0.2) is 0 Å². The quantitative estimate of drug-likeness (QED) is 0.800. The highest BCUT2D eigenvalue weighted by atomic mass is 16.5. The van der Waals surface area contributed by atoms with Gasteiger partial charge in [-0.1, -0.05) is 19.9 Å². The van der Waals surface area contributed by atoms with Crippen molar-refractivity contribution in [2.24, 2.45) is 5.92 Å². The fourth-order valence-corrected chi connectivity index (χ4v) is 2.03. The number of rotatable bonds is 2. The summed E-state index contributed by atoms with van der Waals surface area (Å²) in [6.07, 6.45) is 1.16. The second kappa shape index (κ2) is 4.13. The summed E-state index contributed by atoms with van der Waals surface area (Å²) in [7, 11) is 0. The summed E-state index contributed by atoms with van der Waals surface area (Å²) in [6, 6.07) is 6.74. The lowest BCUT2D eigenvalue weighted by Gasteiger charge is -2.28. The van der Waals surface area contributed by atoms with E-state index in [1.165, 1.54) is 5.56 Å². The first-order valence-electron chi connectivity index (χ1n) is 5.65. The Morgan fingerprint density at radius 3 is 3.00 bits per heavy atom. The molecule has 1 unspecified atom stereocenters. The van der Waals surface area contributed by atoms with Gasteiger partial charge in [0.2, 0.25) is 0 Å². The smallest absolute Gasteiger partial charge is 0.142 e. The van der Waals surface area contributed by atoms with E-state index in [-0.39, 0.29) is 0 Å². The second-order valence-corrected chi connectivity index (χ2v) is 4.78. The van der Waals surface area contributed by atoms with Gasteiger partial charge in [0.1, 0.15) is 12.4 Å². The van der Waals surface area contributed by atoms with E-state index in [0.29, 0.717) is 12.0 Å². The normalized spacial score (nSPS) is 19.3. The predicted octanol–water partition coefficient (Wildman–Crippen LogP) is 3.21. The Labute approximate surface area is 91.6 Å². The summed E-state index contributed by atoms with van der Waals surface area (Å²) in [5.41, 5.74) is 2.42. The lowest BCUT2D eigenvalue weighted by atomic mass is 10.0. The largest absolute Gasteiger partial charge is 0.489 e. The Hall–Kier alpha value is -1.18. The number of fused-ring (bicyclic) bond motifs is 1. The van der Waals surface area contributed by atoms with Crippen LogP contribution in [0.5, 0.6) is 5.75 Å². The molecule has 0 spiro atoms. The first-order chi connectivity index (χ1) is 7.15. The molecule has 2 rings (SSSR count). The van der Waals surface area contributed by atoms with Crippen LogP contribution in [-0.2, 0) is 0 Å². The van der Waals surface area contributed by atoms with Gasteiger partial charge in [-0.25, -0.2) is 0 Å². The van der Waals surface area contributed by atoms with Crippen LogP contribution in [0.2, 0.25) is 0 Å². The van der Waals surface area contributed by atoms with Crippen molar-refractivity contribution in [3.63, 3.8) is 0 Å². The maximum atomic E-state index is 5.73. The SMILES string of the molecule is Cc1ccc2c(c1)NC(CC(C)C)CO2. The van der Waals surface area contributed by atoms with Crippen LogP contribution in [-0.4, -0.2) is 12.6 Å². The molecule has 0 radical (unpaired) electrons. The van der Waals surface area contributed by atoms with Gasteiger partial charge in [0.25, 0.3) is 0 Å². The molecule has 0 fully saturated rings. The van der Waals surface area contributed by atoms with Crippen molar-refractivity contribution in [2.75, 3.05) is 11.9 Å². The summed E-state index contributed by atoms with van der Waals surface area (Å²) in [4.78, 5) is 0. The van der Waals surface area contributed by atoms with Crippen LogP contribution in [0.25, 0.3) is 0 Å². The maximum absolute atomic E-state index is 5.73. The van der Waals surface area contributed by atoms with E-state index in [0.717, 1.165) is 24.5 Å². The van der Waals surface area contributed by atoms with Gasteiger partial charge >= 0.3 is 0 Å². The van der Waals surface area contributed by atoms with Crippen molar-refractivity contribution in [3.8, 4) is 5.75 Å². The standard InChI is InChI=1S/C13H19NO/c1-9(2)6-11-8-15-13-5-4-10(3)7-12(13)14-11/h4-5,7,9,11,14H,6,8H2,1-3H3. The number of hydrogen-bond donors (Lipinski definition) is 1. The van der Waals surface area contributed by atoms with Crippen molar-refractivity contribution >= 4 is 5.69 Å². The number of hydrogen-bond acceptors (Lipinski definition) is 2. The first kappa shape index (κ1) is 10.3. The Kier molecular flexibility index (Phi) is 2.85. The van der Waals surface area contributed by atoms with Gasteiger partial charge in [0, 0.05) is 0 Å².